The molecule has 5 aliphatic heterocycles. The van der Waals surface area contributed by atoms with Crippen molar-refractivity contribution in [3.63, 3.8) is 0 Å². The molecule has 102 heavy (non-hydrogen) atoms. The second kappa shape index (κ2) is 47.4. The first-order chi connectivity index (χ1) is 49.3. The van der Waals surface area contributed by atoms with Crippen LogP contribution in [-0.2, 0) is 66.8 Å². The van der Waals surface area contributed by atoms with Crippen LogP contribution in [0.4, 0.5) is 10.5 Å². The van der Waals surface area contributed by atoms with E-state index in [2.05, 4.69) is 36.6 Å². The van der Waals surface area contributed by atoms with Crippen LogP contribution in [0.15, 0.2) is 28.2 Å². The number of anilines is 1. The second-order valence-corrected chi connectivity index (χ2v) is 29.0. The third-order valence-corrected chi connectivity index (χ3v) is 21.7. The molecule has 1 aromatic rings. The minimum Gasteiger partial charge on any atom is -0.480 e. The Hall–Kier alpha value is -7.01. The van der Waals surface area contributed by atoms with Crippen molar-refractivity contribution in [3.8, 4) is 0 Å². The molecule has 0 unspecified atom stereocenters. The molecule has 3 amide bonds. The summed E-state index contributed by atoms with van der Waals surface area (Å²) in [5.41, 5.74) is 12.4. The summed E-state index contributed by atoms with van der Waals surface area (Å²) in [6, 6.07) is 4.82. The van der Waals surface area contributed by atoms with Gasteiger partial charge < -0.3 is 71.6 Å². The average Bonchev–Trinajstić information content (AvgIpc) is 1.65. The highest BCUT2D eigenvalue weighted by Gasteiger charge is 2.41. The van der Waals surface area contributed by atoms with Gasteiger partial charge in [0.25, 0.3) is 12.9 Å². The molecule has 31 nitrogen and oxygen atoms in total. The Morgan fingerprint density at radius 2 is 1.00 bits per heavy atom. The molecule has 0 spiro atoms. The van der Waals surface area contributed by atoms with Crippen molar-refractivity contribution in [3.05, 3.63) is 29.3 Å². The smallest absolute Gasteiger partial charge is 0.319 e. The van der Waals surface area contributed by atoms with Crippen LogP contribution in [0.2, 0.25) is 0 Å². The summed E-state index contributed by atoms with van der Waals surface area (Å²) in [4.78, 5) is 156. The fraction of sp³-hybridized carbons (Fsp3) is 0.725. The number of ketones is 4. The highest BCUT2D eigenvalue weighted by atomic mass is 32.2. The van der Waals surface area contributed by atoms with Crippen LogP contribution in [-0.4, -0.2) is 281 Å². The first-order valence-corrected chi connectivity index (χ1v) is 38.0. The number of amides is 3. The number of nitrogens with one attached hydrogen (secondary N) is 5. The number of guanidine groups is 2. The Bertz CT molecular complexity index is 2810. The summed E-state index contributed by atoms with van der Waals surface area (Å²) in [7, 11) is 2.62. The molecule has 5 aliphatic rings. The molecule has 6 rings (SSSR count). The van der Waals surface area contributed by atoms with Crippen LogP contribution in [0.3, 0.4) is 0 Å². The van der Waals surface area contributed by atoms with E-state index in [1.165, 1.54) is 32.4 Å². The van der Waals surface area contributed by atoms with E-state index in [1.807, 2.05) is 38.2 Å². The molecular formula is C69H109N13O18S2. The lowest BCUT2D eigenvalue weighted by Gasteiger charge is -2.33. The molecule has 1 aromatic carbocycles. The van der Waals surface area contributed by atoms with Gasteiger partial charge in [-0.1, -0.05) is 38.5 Å². The third-order valence-electron chi connectivity index (χ3n) is 18.7. The Morgan fingerprint density at radius 3 is 1.44 bits per heavy atom. The topological polar surface area (TPSA) is 413 Å². The molecule has 10 N–H and O–H groups in total. The molecule has 33 heteroatoms. The van der Waals surface area contributed by atoms with Crippen molar-refractivity contribution in [1.82, 2.24) is 40.9 Å². The van der Waals surface area contributed by atoms with E-state index in [-0.39, 0.29) is 162 Å². The van der Waals surface area contributed by atoms with E-state index in [9.17, 15) is 57.8 Å². The SMILES string of the molecule is COC(=O)[C@H](CCCCCC(=O)c1cc(NC(=O)NCCOCCOCCNC(=O)CN2CCN(COC=O)CCN(COC=O)CCN(CC(=O)O)CC2)cc(C(=O)CCCCC[C@H](CC(=O)CCCC[C@@H]2SC[C@@H]3NC(N)=N[C@@H]32)C(=O)OC)c1)CC(=O)CCCC[C@@H]1SC[C@@H]2NC(N)=N[C@@H]21. The van der Waals surface area contributed by atoms with Gasteiger partial charge in [0.2, 0.25) is 5.91 Å². The summed E-state index contributed by atoms with van der Waals surface area (Å²) in [6.07, 6.45) is 10.2. The number of rotatable bonds is 50. The number of carbonyl (C=O) groups excluding carboxylic acids is 10. The standard InChI is InChI=1S/C69H109N13O18S2/c1-95-65(92)48(38-53(85)15-9-11-19-59-63-55(42-101-59)75-67(70)77-63)13-5-3-7-17-57(87)50-35-51(58(88)18-8-4-6-14-49(66(93)96-2)39-54(86)16-10-12-20-60-64-56(43-102-60)76-68(71)78-64)37-52(36-50)74-69(94)73-22-32-98-34-33-97-31-21-72-61(89)40-79-23-24-80(41-62(90)91)26-28-82(45-100-47-84)30-29-81(27-25-79)44-99-46-83/h35-37,46-49,55-56,59-60,63-64H,3-34,38-45H2,1-2H3,(H,72,89)(H,90,91)(H3,70,75,77)(H3,71,76,78)(H2,73,74,94)/t48-,49-,55+,56+,59+,60+,63+,64+/m1/s1. The number of nitrogens with zero attached hydrogens (tertiary/aromatic N) is 6. The minimum absolute atomic E-state index is 0.00386. The maximum atomic E-state index is 13.9. The predicted molar refractivity (Wildman–Crippen MR) is 385 cm³/mol. The van der Waals surface area contributed by atoms with E-state index < -0.39 is 35.8 Å². The number of esters is 2. The zero-order valence-electron chi connectivity index (χ0n) is 59.3. The quantitative estimate of drug-likeness (QED) is 0.0153. The van der Waals surface area contributed by atoms with Crippen LogP contribution in [0.1, 0.15) is 149 Å². The normalized spacial score (nSPS) is 20.8. The molecule has 0 aliphatic carbocycles. The third kappa shape index (κ3) is 31.5. The number of hydrogen-bond acceptors (Lipinski definition) is 29. The molecule has 0 bridgehead atoms. The van der Waals surface area contributed by atoms with Gasteiger partial charge in [-0.15, -0.1) is 0 Å². The van der Waals surface area contributed by atoms with E-state index in [4.69, 9.17) is 39.9 Å². The summed E-state index contributed by atoms with van der Waals surface area (Å²) in [5.74, 6) is -0.984. The lowest BCUT2D eigenvalue weighted by molar-refractivity contribution is -0.148. The zero-order chi connectivity index (χ0) is 73.4. The number of methoxy groups -OCH3 is 2. The van der Waals surface area contributed by atoms with Gasteiger partial charge in [-0.3, -0.25) is 67.5 Å². The van der Waals surface area contributed by atoms with Crippen molar-refractivity contribution in [2.24, 2.45) is 33.3 Å². The van der Waals surface area contributed by atoms with Gasteiger partial charge in [-0.25, -0.2) is 14.8 Å². The number of fused-ring (bicyclic) bond motifs is 2. The first kappa shape index (κ1) is 83.9. The number of carboxylic acids is 1. The van der Waals surface area contributed by atoms with Gasteiger partial charge in [0.05, 0.1) is 89.7 Å². The van der Waals surface area contributed by atoms with Crippen molar-refractivity contribution < 1.29 is 86.3 Å². The summed E-state index contributed by atoms with van der Waals surface area (Å²) in [6.45, 7) is 4.69. The lowest BCUT2D eigenvalue weighted by atomic mass is 9.92. The number of carbonyl (C=O) groups is 11. The monoisotopic (exact) mass is 1470 g/mol. The molecule has 3 saturated heterocycles. The van der Waals surface area contributed by atoms with Crippen LogP contribution < -0.4 is 38.1 Å². The number of urea groups is 1. The maximum Gasteiger partial charge on any atom is 0.319 e. The number of ether oxygens (including phenoxy) is 6. The summed E-state index contributed by atoms with van der Waals surface area (Å²) < 4.78 is 31.5. The highest BCUT2D eigenvalue weighted by Crippen LogP contribution is 2.37. The Balaban J connectivity index is 0.928. The average molecular weight is 1470 g/mol. The first-order valence-electron chi connectivity index (χ1n) is 35.9. The summed E-state index contributed by atoms with van der Waals surface area (Å²) in [5, 5.41) is 25.0. The van der Waals surface area contributed by atoms with Gasteiger partial charge in [-0.05, 0) is 69.6 Å². The van der Waals surface area contributed by atoms with Gasteiger partial charge >= 0.3 is 23.9 Å². The maximum absolute atomic E-state index is 13.9. The molecular weight excluding hydrogens is 1360 g/mol. The van der Waals surface area contributed by atoms with Crippen molar-refractivity contribution in [1.29, 1.82) is 0 Å². The van der Waals surface area contributed by atoms with Crippen molar-refractivity contribution >= 4 is 107 Å². The number of thioether (sulfide) groups is 2. The van der Waals surface area contributed by atoms with E-state index >= 15 is 0 Å². The number of carboxylic acid groups (broad SMARTS) is 1. The molecule has 5 heterocycles. The van der Waals surface area contributed by atoms with E-state index in [0.717, 1.165) is 37.2 Å². The Morgan fingerprint density at radius 1 is 0.569 bits per heavy atom. The molecule has 570 valence electrons. The van der Waals surface area contributed by atoms with Crippen LogP contribution in [0, 0.1) is 11.8 Å². The number of aliphatic carboxylic acids is 1. The number of aliphatic imine (C=N–C) groups is 2. The molecule has 3 fully saturated rings. The van der Waals surface area contributed by atoms with Crippen LogP contribution in [0.5, 0.6) is 0 Å². The number of nitrogens with two attached hydrogens (primary N) is 2. The van der Waals surface area contributed by atoms with E-state index in [1.54, 1.807) is 4.90 Å². The van der Waals surface area contributed by atoms with Gasteiger partial charge in [0, 0.05) is 143 Å². The molecule has 0 aromatic heterocycles. The summed E-state index contributed by atoms with van der Waals surface area (Å²) >= 11 is 3.76. The van der Waals surface area contributed by atoms with Crippen LogP contribution >= 0.6 is 23.5 Å². The van der Waals surface area contributed by atoms with Crippen molar-refractivity contribution in [2.75, 3.05) is 149 Å². The van der Waals surface area contributed by atoms with Gasteiger partial charge in [-0.2, -0.15) is 23.5 Å². The zero-order valence-corrected chi connectivity index (χ0v) is 61.0. The highest BCUT2D eigenvalue weighted by molar-refractivity contribution is 8.00. The molecule has 0 radical (unpaired) electrons. The van der Waals surface area contributed by atoms with Crippen LogP contribution in [0.25, 0.3) is 0 Å². The largest absolute Gasteiger partial charge is 0.480 e. The van der Waals surface area contributed by atoms with Gasteiger partial charge in [0.15, 0.2) is 23.5 Å². The fourth-order valence-corrected chi connectivity index (χ4v) is 16.2. The number of hydrogen-bond donors (Lipinski definition) is 8. The molecule has 8 atom stereocenters. The second-order valence-electron chi connectivity index (χ2n) is 26.4. The Labute approximate surface area is 606 Å². The minimum atomic E-state index is -1.00. The lowest BCUT2D eigenvalue weighted by Crippen LogP contribution is -2.49. The number of benzene rings is 1. The van der Waals surface area contributed by atoms with Crippen molar-refractivity contribution in [2.45, 2.75) is 163 Å². The number of Topliss-reactive ketones (excluding diaryl/α,β-unsaturated/α-hetero) is 4. The number of unbranched alkanes of at least 4 members (excludes halogenated alkanes) is 6. The fourth-order valence-electron chi connectivity index (χ4n) is 13.2. The van der Waals surface area contributed by atoms with Gasteiger partial charge in [0.1, 0.15) is 25.0 Å². The predicted octanol–water partition coefficient (Wildman–Crippen LogP) is 2.95. The molecule has 0 saturated carbocycles. The Kier molecular flexibility index (Phi) is 39.0. The van der Waals surface area contributed by atoms with E-state index in [0.29, 0.717) is 165 Å².